The van der Waals surface area contributed by atoms with Gasteiger partial charge in [-0.15, -0.1) is 0 Å². The average Bonchev–Trinajstić information content (AvgIpc) is 2.87. The summed E-state index contributed by atoms with van der Waals surface area (Å²) in [4.78, 5) is 11.7. The molecule has 4 heteroatoms. The molecule has 4 unspecified atom stereocenters. The lowest BCUT2D eigenvalue weighted by atomic mass is 9.95. The van der Waals surface area contributed by atoms with Crippen LogP contribution in [0.15, 0.2) is 0 Å². The van der Waals surface area contributed by atoms with Gasteiger partial charge in [0.1, 0.15) is 0 Å². The predicted octanol–water partition coefficient (Wildman–Crippen LogP) is 1.06. The van der Waals surface area contributed by atoms with E-state index >= 15 is 0 Å². The van der Waals surface area contributed by atoms with Crippen molar-refractivity contribution in [3.05, 3.63) is 0 Å². The molecule has 0 aromatic rings. The van der Waals surface area contributed by atoms with E-state index in [1.54, 1.807) is 0 Å². The first kappa shape index (κ1) is 12.8. The summed E-state index contributed by atoms with van der Waals surface area (Å²) < 4.78 is 5.74. The molecular weight excluding hydrogens is 216 g/mol. The Morgan fingerprint density at radius 3 is 2.65 bits per heavy atom. The number of carbonyl (C=O) groups excluding carboxylic acids is 1. The second kappa shape index (κ2) is 5.36. The van der Waals surface area contributed by atoms with Gasteiger partial charge in [0.05, 0.1) is 18.8 Å². The van der Waals surface area contributed by atoms with Gasteiger partial charge in [0.25, 0.3) is 0 Å². The van der Waals surface area contributed by atoms with E-state index in [1.807, 2.05) is 6.92 Å². The van der Waals surface area contributed by atoms with Gasteiger partial charge >= 0.3 is 0 Å². The number of carbonyl (C=O) groups is 1. The van der Waals surface area contributed by atoms with Crippen LogP contribution in [0, 0.1) is 5.92 Å². The summed E-state index contributed by atoms with van der Waals surface area (Å²) >= 11 is 0. The number of hydrogen-bond donors (Lipinski definition) is 2. The number of ether oxygens (including phenoxy) is 1. The van der Waals surface area contributed by atoms with Gasteiger partial charge in [0.2, 0.25) is 5.91 Å². The van der Waals surface area contributed by atoms with Crippen molar-refractivity contribution in [2.24, 2.45) is 5.92 Å². The monoisotopic (exact) mass is 240 g/mol. The smallest absolute Gasteiger partial charge is 0.234 e. The molecule has 2 heterocycles. The average molecular weight is 240 g/mol. The lowest BCUT2D eigenvalue weighted by molar-refractivity contribution is -0.121. The predicted molar refractivity (Wildman–Crippen MR) is 66.7 cm³/mol. The van der Waals surface area contributed by atoms with Crippen LogP contribution in [0.3, 0.4) is 0 Å². The number of rotatable bonds is 5. The number of nitrogens with one attached hydrogen (secondary N) is 2. The summed E-state index contributed by atoms with van der Waals surface area (Å²) in [5.41, 5.74) is 0. The van der Waals surface area contributed by atoms with Crippen molar-refractivity contribution >= 4 is 5.91 Å². The molecule has 2 aliphatic rings. The molecule has 0 radical (unpaired) electrons. The molecule has 2 N–H and O–H groups in total. The lowest BCUT2D eigenvalue weighted by Crippen LogP contribution is -2.46. The van der Waals surface area contributed by atoms with Gasteiger partial charge in [-0.3, -0.25) is 4.79 Å². The first-order valence-corrected chi connectivity index (χ1v) is 6.74. The fourth-order valence-corrected chi connectivity index (χ4v) is 2.55. The van der Waals surface area contributed by atoms with E-state index in [9.17, 15) is 4.79 Å². The number of fused-ring (bicyclic) bond motifs is 2. The molecule has 1 amide bonds. The fraction of sp³-hybridized carbons (Fsp3) is 0.923. The van der Waals surface area contributed by atoms with Crippen molar-refractivity contribution in [1.82, 2.24) is 10.6 Å². The topological polar surface area (TPSA) is 50.4 Å². The van der Waals surface area contributed by atoms with Gasteiger partial charge in [-0.25, -0.2) is 0 Å². The molecule has 0 aromatic carbocycles. The van der Waals surface area contributed by atoms with E-state index in [0.717, 1.165) is 12.8 Å². The molecular formula is C13H24N2O2. The molecule has 98 valence electrons. The maximum absolute atomic E-state index is 11.7. The molecule has 0 aromatic heterocycles. The highest BCUT2D eigenvalue weighted by atomic mass is 16.5. The highest BCUT2D eigenvalue weighted by Crippen LogP contribution is 2.34. The number of hydrogen-bond acceptors (Lipinski definition) is 3. The van der Waals surface area contributed by atoms with Crippen LogP contribution in [-0.4, -0.2) is 36.7 Å². The Hall–Kier alpha value is -0.610. The van der Waals surface area contributed by atoms with Crippen LogP contribution in [0.5, 0.6) is 0 Å². The Kier molecular flexibility index (Phi) is 4.05. The van der Waals surface area contributed by atoms with Crippen LogP contribution in [0.25, 0.3) is 0 Å². The summed E-state index contributed by atoms with van der Waals surface area (Å²) in [7, 11) is 0. The Morgan fingerprint density at radius 1 is 1.35 bits per heavy atom. The van der Waals surface area contributed by atoms with Crippen molar-refractivity contribution in [3.8, 4) is 0 Å². The van der Waals surface area contributed by atoms with Gasteiger partial charge in [-0.05, 0) is 32.1 Å². The van der Waals surface area contributed by atoms with Gasteiger partial charge in [0.15, 0.2) is 0 Å². The summed E-state index contributed by atoms with van der Waals surface area (Å²) in [5.74, 6) is 0.568. The first-order valence-electron chi connectivity index (χ1n) is 6.74. The minimum absolute atomic E-state index is 0.0916. The molecule has 4 atom stereocenters. The Bertz CT molecular complexity index is 281. The van der Waals surface area contributed by atoms with E-state index in [4.69, 9.17) is 4.74 Å². The second-order valence-corrected chi connectivity index (χ2v) is 5.70. The Morgan fingerprint density at radius 2 is 2.12 bits per heavy atom. The maximum Gasteiger partial charge on any atom is 0.234 e. The van der Waals surface area contributed by atoms with Crippen molar-refractivity contribution in [2.75, 3.05) is 6.54 Å². The minimum Gasteiger partial charge on any atom is -0.373 e. The normalized spacial score (nSPS) is 33.1. The van der Waals surface area contributed by atoms with Crippen molar-refractivity contribution in [3.63, 3.8) is 0 Å². The molecule has 0 aliphatic carbocycles. The van der Waals surface area contributed by atoms with Crippen LogP contribution >= 0.6 is 0 Å². The Labute approximate surface area is 103 Å². The summed E-state index contributed by atoms with van der Waals surface area (Å²) in [6.45, 7) is 6.68. The van der Waals surface area contributed by atoms with E-state index < -0.39 is 0 Å². The molecule has 2 bridgehead atoms. The minimum atomic E-state index is 0.0916. The van der Waals surface area contributed by atoms with Crippen molar-refractivity contribution in [2.45, 2.75) is 64.3 Å². The molecule has 0 spiro atoms. The van der Waals surface area contributed by atoms with Crippen molar-refractivity contribution < 1.29 is 9.53 Å². The maximum atomic E-state index is 11.7. The third kappa shape index (κ3) is 3.19. The highest BCUT2D eigenvalue weighted by molar-refractivity contribution is 5.78. The molecule has 2 rings (SSSR count). The van der Waals surface area contributed by atoms with E-state index in [0.29, 0.717) is 30.7 Å². The van der Waals surface area contributed by atoms with Gasteiger partial charge in [-0.1, -0.05) is 13.8 Å². The quantitative estimate of drug-likeness (QED) is 0.755. The second-order valence-electron chi connectivity index (χ2n) is 5.70. The molecule has 2 aliphatic heterocycles. The van der Waals surface area contributed by atoms with E-state index in [-0.39, 0.29) is 11.9 Å². The summed E-state index contributed by atoms with van der Waals surface area (Å²) in [5, 5.41) is 6.33. The van der Waals surface area contributed by atoms with Gasteiger partial charge < -0.3 is 15.4 Å². The highest BCUT2D eigenvalue weighted by Gasteiger charge is 2.40. The number of amides is 1. The first-order chi connectivity index (χ1) is 8.06. The van der Waals surface area contributed by atoms with Gasteiger partial charge in [-0.2, -0.15) is 0 Å². The van der Waals surface area contributed by atoms with Crippen LogP contribution in [0.2, 0.25) is 0 Å². The van der Waals surface area contributed by atoms with E-state index in [1.165, 1.54) is 6.42 Å². The van der Waals surface area contributed by atoms with E-state index in [2.05, 4.69) is 24.5 Å². The Balaban J connectivity index is 1.66. The standard InChI is InChI=1S/C13H24N2O2/c1-8(2)9(3)15-13(16)7-14-11-6-10-4-5-12(11)17-10/h8-12,14H,4-7H2,1-3H3,(H,15,16). The van der Waals surface area contributed by atoms with Crippen LogP contribution in [0.1, 0.15) is 40.0 Å². The van der Waals surface area contributed by atoms with Crippen LogP contribution in [-0.2, 0) is 9.53 Å². The molecule has 2 fully saturated rings. The molecule has 0 saturated carbocycles. The third-order valence-corrected chi connectivity index (χ3v) is 4.02. The third-order valence-electron chi connectivity index (χ3n) is 4.02. The largest absolute Gasteiger partial charge is 0.373 e. The lowest BCUT2D eigenvalue weighted by Gasteiger charge is -2.21. The summed E-state index contributed by atoms with van der Waals surface area (Å²) in [6, 6.07) is 0.620. The SMILES string of the molecule is CC(C)C(C)NC(=O)CNC1CC2CCC1O2. The molecule has 4 nitrogen and oxygen atoms in total. The zero-order valence-electron chi connectivity index (χ0n) is 11.0. The van der Waals surface area contributed by atoms with Gasteiger partial charge in [0, 0.05) is 12.1 Å². The summed E-state index contributed by atoms with van der Waals surface area (Å²) in [6.07, 6.45) is 4.19. The molecule has 2 saturated heterocycles. The van der Waals surface area contributed by atoms with Crippen molar-refractivity contribution in [1.29, 1.82) is 0 Å². The fourth-order valence-electron chi connectivity index (χ4n) is 2.55. The zero-order chi connectivity index (χ0) is 12.4. The van der Waals surface area contributed by atoms with Crippen LogP contribution < -0.4 is 10.6 Å². The van der Waals surface area contributed by atoms with Crippen LogP contribution in [0.4, 0.5) is 0 Å². The molecule has 17 heavy (non-hydrogen) atoms. The zero-order valence-corrected chi connectivity index (χ0v) is 11.0.